The number of nitrogens with zero attached hydrogens (tertiary/aromatic N) is 3. The summed E-state index contributed by atoms with van der Waals surface area (Å²) >= 11 is 0. The van der Waals surface area contributed by atoms with Gasteiger partial charge in [0.05, 0.1) is 23.6 Å². The molecule has 0 saturated heterocycles. The molecule has 7 nitrogen and oxygen atoms in total. The Morgan fingerprint density at radius 3 is 2.64 bits per heavy atom. The first kappa shape index (κ1) is 20.9. The number of para-hydroxylation sites is 1. The molecule has 1 aliphatic heterocycles. The quantitative estimate of drug-likeness (QED) is 0.379. The van der Waals surface area contributed by atoms with Crippen molar-refractivity contribution in [1.82, 2.24) is 9.97 Å². The Hall–Kier alpha value is -4.00. The Morgan fingerprint density at radius 1 is 1.00 bits per heavy atom. The van der Waals surface area contributed by atoms with Gasteiger partial charge in [-0.1, -0.05) is 44.0 Å². The van der Waals surface area contributed by atoms with Gasteiger partial charge in [0.2, 0.25) is 11.7 Å². The van der Waals surface area contributed by atoms with E-state index in [0.717, 1.165) is 24.8 Å². The minimum atomic E-state index is -0.727. The molecule has 1 unspecified atom stereocenters. The molecule has 5 rings (SSSR count). The van der Waals surface area contributed by atoms with Gasteiger partial charge < -0.3 is 9.15 Å². The number of aromatic nitrogens is 2. The third-order valence-corrected chi connectivity index (χ3v) is 5.74. The van der Waals surface area contributed by atoms with Gasteiger partial charge in [-0.2, -0.15) is 0 Å². The van der Waals surface area contributed by atoms with Crippen LogP contribution < -0.4 is 15.1 Å². The van der Waals surface area contributed by atoms with Crippen molar-refractivity contribution in [3.63, 3.8) is 0 Å². The zero-order valence-electron chi connectivity index (χ0n) is 18.2. The number of carbonyl (C=O) groups excluding carboxylic acids is 1. The van der Waals surface area contributed by atoms with Gasteiger partial charge in [-0.15, -0.1) is 0 Å². The molecule has 166 valence electrons. The predicted molar refractivity (Wildman–Crippen MR) is 125 cm³/mol. The van der Waals surface area contributed by atoms with Gasteiger partial charge in [0.25, 0.3) is 5.91 Å². The molecule has 0 N–H and O–H groups in total. The molecule has 0 fully saturated rings. The largest absolute Gasteiger partial charge is 0.494 e. The summed E-state index contributed by atoms with van der Waals surface area (Å²) in [7, 11) is 0. The highest BCUT2D eigenvalue weighted by Crippen LogP contribution is 2.40. The van der Waals surface area contributed by atoms with E-state index in [1.807, 2.05) is 24.3 Å². The molecule has 1 atom stereocenters. The highest BCUT2D eigenvalue weighted by molar-refractivity contribution is 6.09. The monoisotopic (exact) mass is 441 g/mol. The van der Waals surface area contributed by atoms with Gasteiger partial charge >= 0.3 is 0 Å². The lowest BCUT2D eigenvalue weighted by atomic mass is 9.98. The summed E-state index contributed by atoms with van der Waals surface area (Å²) in [6.07, 6.45) is 6.30. The standard InChI is InChI=1S/C26H23N3O4/c1-2-3-6-15-32-18-10-7-9-17(16-18)22-21-23(30)19-11-4-5-12-20(19)33-24(21)25(31)29(22)26-27-13-8-14-28-26/h4-5,7-14,16,22H,2-3,6,15H2,1H3. The minimum Gasteiger partial charge on any atom is -0.494 e. The van der Waals surface area contributed by atoms with E-state index in [4.69, 9.17) is 9.15 Å². The van der Waals surface area contributed by atoms with E-state index in [0.29, 0.717) is 23.3 Å². The summed E-state index contributed by atoms with van der Waals surface area (Å²) in [5.41, 5.74) is 1.15. The maximum absolute atomic E-state index is 13.5. The molecular formula is C26H23N3O4. The van der Waals surface area contributed by atoms with Crippen LogP contribution >= 0.6 is 0 Å². The summed E-state index contributed by atoms with van der Waals surface area (Å²) in [6.45, 7) is 2.75. The van der Waals surface area contributed by atoms with Crippen LogP contribution in [0, 0.1) is 0 Å². The number of ether oxygens (including phenoxy) is 1. The van der Waals surface area contributed by atoms with E-state index < -0.39 is 11.9 Å². The molecule has 2 aromatic carbocycles. The summed E-state index contributed by atoms with van der Waals surface area (Å²) in [5.74, 6) is 0.462. The molecule has 0 spiro atoms. The van der Waals surface area contributed by atoms with Crippen LogP contribution in [0.25, 0.3) is 11.0 Å². The molecule has 0 bridgehead atoms. The molecule has 1 amide bonds. The molecule has 0 aliphatic carbocycles. The molecule has 0 saturated carbocycles. The number of hydrogen-bond acceptors (Lipinski definition) is 6. The van der Waals surface area contributed by atoms with Gasteiger partial charge in [-0.05, 0) is 42.3 Å². The number of fused-ring (bicyclic) bond motifs is 2. The first-order valence-corrected chi connectivity index (χ1v) is 11.1. The second-order valence-electron chi connectivity index (χ2n) is 7.92. The van der Waals surface area contributed by atoms with Crippen molar-refractivity contribution in [3.8, 4) is 5.75 Å². The number of anilines is 1. The Kier molecular flexibility index (Phi) is 5.60. The van der Waals surface area contributed by atoms with Crippen LogP contribution in [0.15, 0.2) is 76.2 Å². The zero-order valence-corrected chi connectivity index (χ0v) is 18.2. The van der Waals surface area contributed by atoms with E-state index in [1.54, 1.807) is 42.7 Å². The second-order valence-corrected chi connectivity index (χ2v) is 7.92. The fraction of sp³-hybridized carbons (Fsp3) is 0.231. The predicted octanol–water partition coefficient (Wildman–Crippen LogP) is 4.90. The van der Waals surface area contributed by atoms with Crippen molar-refractivity contribution >= 4 is 22.8 Å². The number of carbonyl (C=O) groups is 1. The van der Waals surface area contributed by atoms with E-state index in [-0.39, 0.29) is 22.7 Å². The summed E-state index contributed by atoms with van der Waals surface area (Å²) in [5, 5.41) is 0.428. The molecule has 33 heavy (non-hydrogen) atoms. The number of hydrogen-bond donors (Lipinski definition) is 0. The van der Waals surface area contributed by atoms with Gasteiger partial charge in [0.1, 0.15) is 11.3 Å². The smallest absolute Gasteiger partial charge is 0.297 e. The fourth-order valence-corrected chi connectivity index (χ4v) is 4.17. The Labute approximate surface area is 190 Å². The average Bonchev–Trinajstić information content (AvgIpc) is 3.15. The van der Waals surface area contributed by atoms with Crippen molar-refractivity contribution in [1.29, 1.82) is 0 Å². The van der Waals surface area contributed by atoms with Gasteiger partial charge in [-0.25, -0.2) is 9.97 Å². The molecule has 7 heteroatoms. The van der Waals surface area contributed by atoms with Crippen molar-refractivity contribution in [2.75, 3.05) is 11.5 Å². The molecular weight excluding hydrogens is 418 g/mol. The Bertz CT molecular complexity index is 1370. The SMILES string of the molecule is CCCCCOc1cccc(C2c3c(oc4ccccc4c3=O)C(=O)N2c2ncccn2)c1. The zero-order chi connectivity index (χ0) is 22.8. The van der Waals surface area contributed by atoms with Crippen molar-refractivity contribution in [2.24, 2.45) is 0 Å². The topological polar surface area (TPSA) is 85.5 Å². The number of amides is 1. The summed E-state index contributed by atoms with van der Waals surface area (Å²) in [6, 6.07) is 15.4. The van der Waals surface area contributed by atoms with Crippen LogP contribution in [0.1, 0.15) is 53.9 Å². The first-order valence-electron chi connectivity index (χ1n) is 11.1. The summed E-state index contributed by atoms with van der Waals surface area (Å²) < 4.78 is 11.9. The maximum atomic E-state index is 13.5. The average molecular weight is 441 g/mol. The van der Waals surface area contributed by atoms with Gasteiger partial charge in [0.15, 0.2) is 5.43 Å². The lowest BCUT2D eigenvalue weighted by Gasteiger charge is -2.23. The van der Waals surface area contributed by atoms with E-state index in [1.165, 1.54) is 4.90 Å². The van der Waals surface area contributed by atoms with Gasteiger partial charge in [0, 0.05) is 12.4 Å². The van der Waals surface area contributed by atoms with E-state index in [2.05, 4.69) is 16.9 Å². The lowest BCUT2D eigenvalue weighted by molar-refractivity contribution is 0.0969. The molecule has 1 aliphatic rings. The highest BCUT2D eigenvalue weighted by Gasteiger charge is 2.45. The first-order chi connectivity index (χ1) is 16.2. The third kappa shape index (κ3) is 3.75. The highest BCUT2D eigenvalue weighted by atomic mass is 16.5. The van der Waals surface area contributed by atoms with Crippen LogP contribution in [0.2, 0.25) is 0 Å². The van der Waals surface area contributed by atoms with E-state index >= 15 is 0 Å². The Morgan fingerprint density at radius 2 is 1.82 bits per heavy atom. The molecule has 2 aromatic heterocycles. The maximum Gasteiger partial charge on any atom is 0.297 e. The van der Waals surface area contributed by atoms with Crippen LogP contribution in [-0.4, -0.2) is 22.5 Å². The molecule has 4 aromatic rings. The van der Waals surface area contributed by atoms with Gasteiger partial charge in [-0.3, -0.25) is 14.5 Å². The lowest BCUT2D eigenvalue weighted by Crippen LogP contribution is -2.31. The minimum absolute atomic E-state index is 0.0189. The van der Waals surface area contributed by atoms with Crippen LogP contribution in [0.4, 0.5) is 5.95 Å². The van der Waals surface area contributed by atoms with Crippen LogP contribution in [-0.2, 0) is 0 Å². The second kappa shape index (κ2) is 8.86. The van der Waals surface area contributed by atoms with Crippen LogP contribution in [0.3, 0.4) is 0 Å². The third-order valence-electron chi connectivity index (χ3n) is 5.74. The number of benzene rings is 2. The van der Waals surface area contributed by atoms with Crippen molar-refractivity contribution < 1.29 is 13.9 Å². The van der Waals surface area contributed by atoms with E-state index in [9.17, 15) is 9.59 Å². The normalized spacial score (nSPS) is 15.1. The molecule has 3 heterocycles. The number of rotatable bonds is 7. The van der Waals surface area contributed by atoms with Crippen molar-refractivity contribution in [3.05, 3.63) is 94.1 Å². The summed E-state index contributed by atoms with van der Waals surface area (Å²) in [4.78, 5) is 37.0. The molecule has 0 radical (unpaired) electrons. The fourth-order valence-electron chi connectivity index (χ4n) is 4.17. The van der Waals surface area contributed by atoms with Crippen LogP contribution in [0.5, 0.6) is 5.75 Å². The number of unbranched alkanes of at least 4 members (excludes halogenated alkanes) is 2. The Balaban J connectivity index is 1.65. The van der Waals surface area contributed by atoms with Crippen molar-refractivity contribution in [2.45, 2.75) is 32.2 Å².